The molecule has 0 aromatic rings. The Morgan fingerprint density at radius 2 is 2.21 bits per heavy atom. The van der Waals surface area contributed by atoms with Crippen LogP contribution in [0.15, 0.2) is 0 Å². The Morgan fingerprint density at radius 1 is 1.43 bits per heavy atom. The summed E-state index contributed by atoms with van der Waals surface area (Å²) in [6, 6.07) is -0.228. The maximum absolute atomic E-state index is 11.4. The summed E-state index contributed by atoms with van der Waals surface area (Å²) < 4.78 is 0. The quantitative estimate of drug-likeness (QED) is 0.403. The van der Waals surface area contributed by atoms with Crippen molar-refractivity contribution in [3.63, 3.8) is 0 Å². The third-order valence-electron chi connectivity index (χ3n) is 2.06. The molecule has 0 radical (unpaired) electrons. The van der Waals surface area contributed by atoms with E-state index in [0.29, 0.717) is 6.54 Å². The van der Waals surface area contributed by atoms with Crippen LogP contribution in [0.5, 0.6) is 0 Å². The van der Waals surface area contributed by atoms with Crippen molar-refractivity contribution in [1.29, 1.82) is 0 Å². The number of hydrogen-bond acceptors (Lipinski definition) is 4. The summed E-state index contributed by atoms with van der Waals surface area (Å²) >= 11 is 0. The van der Waals surface area contributed by atoms with E-state index in [0.717, 1.165) is 13.1 Å². The number of likely N-dealkylation sites (N-methyl/N-ethyl adjacent to an activating group) is 1. The molecule has 4 N–H and O–H groups in total. The van der Waals surface area contributed by atoms with Gasteiger partial charge >= 0.3 is 0 Å². The Labute approximate surface area is 82.8 Å². The normalized spacial score (nSPS) is 21.4. The summed E-state index contributed by atoms with van der Waals surface area (Å²) in [5.41, 5.74) is 0. The second-order valence-corrected chi connectivity index (χ2v) is 3.10. The van der Waals surface area contributed by atoms with Gasteiger partial charge in [-0.05, 0) is 0 Å². The smallest absolute Gasteiger partial charge is 0.239 e. The number of hydrogen-bond donors (Lipinski definition) is 4. The lowest BCUT2D eigenvalue weighted by Crippen LogP contribution is -2.56. The molecule has 0 bridgehead atoms. The number of carbonyl (C=O) groups excluding carboxylic acids is 2. The van der Waals surface area contributed by atoms with E-state index >= 15 is 0 Å². The molecule has 0 aromatic carbocycles. The molecule has 0 saturated carbocycles. The minimum absolute atomic E-state index is 0.0352. The summed E-state index contributed by atoms with van der Waals surface area (Å²) in [6.45, 7) is 2.30. The molecule has 6 nitrogen and oxygen atoms in total. The lowest BCUT2D eigenvalue weighted by atomic mass is 10.2. The first-order valence-corrected chi connectivity index (χ1v) is 4.66. The van der Waals surface area contributed by atoms with Crippen molar-refractivity contribution < 1.29 is 9.59 Å². The van der Waals surface area contributed by atoms with E-state index in [1.165, 1.54) is 7.05 Å². The van der Waals surface area contributed by atoms with Gasteiger partial charge in [-0.1, -0.05) is 0 Å². The molecule has 2 amide bonds. The molecule has 0 aliphatic carbocycles. The van der Waals surface area contributed by atoms with Gasteiger partial charge in [0.15, 0.2) is 0 Å². The first kappa shape index (κ1) is 10.9. The van der Waals surface area contributed by atoms with Crippen LogP contribution in [0.4, 0.5) is 0 Å². The highest BCUT2D eigenvalue weighted by Gasteiger charge is 2.19. The molecule has 1 unspecified atom stereocenters. The lowest BCUT2D eigenvalue weighted by molar-refractivity contribution is -0.127. The van der Waals surface area contributed by atoms with E-state index in [1.54, 1.807) is 0 Å². The largest absolute Gasteiger partial charge is 0.358 e. The van der Waals surface area contributed by atoms with Crippen molar-refractivity contribution in [2.45, 2.75) is 6.04 Å². The average Bonchev–Trinajstić information content (AvgIpc) is 2.26. The van der Waals surface area contributed by atoms with E-state index in [2.05, 4.69) is 21.3 Å². The molecule has 6 heteroatoms. The fourth-order valence-electron chi connectivity index (χ4n) is 1.22. The third-order valence-corrected chi connectivity index (χ3v) is 2.06. The van der Waals surface area contributed by atoms with Gasteiger partial charge < -0.3 is 21.3 Å². The van der Waals surface area contributed by atoms with Gasteiger partial charge in [0, 0.05) is 26.7 Å². The molecule has 1 rings (SSSR count). The molecule has 0 aromatic heterocycles. The zero-order valence-electron chi connectivity index (χ0n) is 8.22. The van der Waals surface area contributed by atoms with Crippen LogP contribution in [-0.4, -0.2) is 51.1 Å². The van der Waals surface area contributed by atoms with Gasteiger partial charge in [-0.3, -0.25) is 9.59 Å². The van der Waals surface area contributed by atoms with E-state index in [9.17, 15) is 9.59 Å². The molecular weight excluding hydrogens is 184 g/mol. The zero-order chi connectivity index (χ0) is 10.4. The Morgan fingerprint density at radius 3 is 2.79 bits per heavy atom. The fourth-order valence-corrected chi connectivity index (χ4v) is 1.22. The van der Waals surface area contributed by atoms with Gasteiger partial charge in [0.2, 0.25) is 11.8 Å². The topological polar surface area (TPSA) is 82.3 Å². The van der Waals surface area contributed by atoms with Gasteiger partial charge in [-0.25, -0.2) is 0 Å². The maximum Gasteiger partial charge on any atom is 0.239 e. The van der Waals surface area contributed by atoms with Gasteiger partial charge in [0.05, 0.1) is 12.6 Å². The van der Waals surface area contributed by atoms with Crippen LogP contribution in [-0.2, 0) is 9.59 Å². The molecule has 1 aliphatic rings. The molecule has 1 atom stereocenters. The average molecular weight is 200 g/mol. The van der Waals surface area contributed by atoms with E-state index in [-0.39, 0.29) is 24.4 Å². The molecule has 1 aliphatic heterocycles. The molecule has 80 valence electrons. The van der Waals surface area contributed by atoms with Crippen LogP contribution in [0, 0.1) is 0 Å². The summed E-state index contributed by atoms with van der Waals surface area (Å²) in [7, 11) is 1.54. The van der Waals surface area contributed by atoms with E-state index < -0.39 is 0 Å². The second-order valence-electron chi connectivity index (χ2n) is 3.10. The van der Waals surface area contributed by atoms with Crippen LogP contribution >= 0.6 is 0 Å². The van der Waals surface area contributed by atoms with Crippen molar-refractivity contribution >= 4 is 11.8 Å². The SMILES string of the molecule is CNC(=O)CNC(=O)C1CNCCN1. The van der Waals surface area contributed by atoms with Crippen molar-refractivity contribution in [3.05, 3.63) is 0 Å². The Bertz CT molecular complexity index is 213. The number of carbonyl (C=O) groups is 2. The summed E-state index contributed by atoms with van der Waals surface area (Å²) in [4.78, 5) is 22.3. The lowest BCUT2D eigenvalue weighted by Gasteiger charge is -2.23. The second kappa shape index (κ2) is 5.56. The summed E-state index contributed by atoms with van der Waals surface area (Å²) in [5, 5.41) is 11.1. The summed E-state index contributed by atoms with van der Waals surface area (Å²) in [5.74, 6) is -0.331. The number of rotatable bonds is 3. The van der Waals surface area contributed by atoms with Crippen molar-refractivity contribution in [2.75, 3.05) is 33.2 Å². The van der Waals surface area contributed by atoms with Crippen LogP contribution < -0.4 is 21.3 Å². The van der Waals surface area contributed by atoms with Crippen LogP contribution in [0.1, 0.15) is 0 Å². The van der Waals surface area contributed by atoms with Gasteiger partial charge in [-0.15, -0.1) is 0 Å². The van der Waals surface area contributed by atoms with Gasteiger partial charge in [-0.2, -0.15) is 0 Å². The first-order valence-electron chi connectivity index (χ1n) is 4.66. The van der Waals surface area contributed by atoms with Crippen molar-refractivity contribution in [3.8, 4) is 0 Å². The zero-order valence-corrected chi connectivity index (χ0v) is 8.22. The molecule has 1 fully saturated rings. The Kier molecular flexibility index (Phi) is 4.34. The molecule has 1 saturated heterocycles. The first-order chi connectivity index (χ1) is 6.74. The third kappa shape index (κ3) is 3.31. The van der Waals surface area contributed by atoms with E-state index in [1.807, 2.05) is 0 Å². The summed E-state index contributed by atoms with van der Waals surface area (Å²) in [6.07, 6.45) is 0. The molecule has 14 heavy (non-hydrogen) atoms. The Balaban J connectivity index is 2.23. The molecule has 1 heterocycles. The highest BCUT2D eigenvalue weighted by atomic mass is 16.2. The van der Waals surface area contributed by atoms with Gasteiger partial charge in [0.25, 0.3) is 0 Å². The van der Waals surface area contributed by atoms with Crippen LogP contribution in [0.3, 0.4) is 0 Å². The molecule has 0 spiro atoms. The van der Waals surface area contributed by atoms with Crippen molar-refractivity contribution in [2.24, 2.45) is 0 Å². The fraction of sp³-hybridized carbons (Fsp3) is 0.750. The molecular formula is C8H16N4O2. The minimum atomic E-state index is -0.228. The Hall–Kier alpha value is -1.14. The number of nitrogens with one attached hydrogen (secondary N) is 4. The van der Waals surface area contributed by atoms with Crippen molar-refractivity contribution in [1.82, 2.24) is 21.3 Å². The standard InChI is InChI=1S/C8H16N4O2/c1-9-7(13)5-12-8(14)6-4-10-2-3-11-6/h6,10-11H,2-5H2,1H3,(H,9,13)(H,12,14). The van der Waals surface area contributed by atoms with Crippen LogP contribution in [0.25, 0.3) is 0 Å². The van der Waals surface area contributed by atoms with E-state index in [4.69, 9.17) is 0 Å². The predicted octanol–water partition coefficient (Wildman–Crippen LogP) is -2.59. The monoisotopic (exact) mass is 200 g/mol. The predicted molar refractivity (Wildman–Crippen MR) is 51.7 cm³/mol. The van der Waals surface area contributed by atoms with Crippen LogP contribution in [0.2, 0.25) is 0 Å². The number of amides is 2. The minimum Gasteiger partial charge on any atom is -0.358 e. The van der Waals surface area contributed by atoms with Gasteiger partial charge in [0.1, 0.15) is 0 Å². The highest BCUT2D eigenvalue weighted by molar-refractivity contribution is 5.87. The number of piperazine rings is 1. The maximum atomic E-state index is 11.4. The highest BCUT2D eigenvalue weighted by Crippen LogP contribution is 1.86.